The fourth-order valence-corrected chi connectivity index (χ4v) is 2.63. The van der Waals surface area contributed by atoms with Crippen molar-refractivity contribution >= 4 is 33.3 Å². The van der Waals surface area contributed by atoms with Gasteiger partial charge in [0.2, 0.25) is 5.28 Å². The van der Waals surface area contributed by atoms with E-state index in [1.165, 1.54) is 0 Å². The van der Waals surface area contributed by atoms with Crippen LogP contribution < -0.4 is 0 Å². The van der Waals surface area contributed by atoms with E-state index in [0.29, 0.717) is 11.5 Å². The summed E-state index contributed by atoms with van der Waals surface area (Å²) in [7, 11) is 0. The number of aromatic nitrogens is 4. The molecule has 0 spiro atoms. The Labute approximate surface area is 125 Å². The molecule has 5 heteroatoms. The maximum atomic E-state index is 6.05. The second-order valence-electron chi connectivity index (χ2n) is 4.59. The van der Waals surface area contributed by atoms with Crippen molar-refractivity contribution in [1.29, 1.82) is 0 Å². The molecule has 0 saturated carbocycles. The van der Waals surface area contributed by atoms with Gasteiger partial charge in [0.25, 0.3) is 0 Å². The lowest BCUT2D eigenvalue weighted by atomic mass is 10.0. The first-order valence-corrected chi connectivity index (χ1v) is 6.83. The Hall–Kier alpha value is -2.59. The monoisotopic (exact) mass is 292 g/mol. The van der Waals surface area contributed by atoms with Crippen LogP contribution in [0.2, 0.25) is 5.28 Å². The molecule has 0 aliphatic heterocycles. The third kappa shape index (κ3) is 2.00. The van der Waals surface area contributed by atoms with Gasteiger partial charge in [-0.3, -0.25) is 0 Å². The van der Waals surface area contributed by atoms with Crippen LogP contribution in [0.25, 0.3) is 33.2 Å². The Bertz CT molecular complexity index is 954. The van der Waals surface area contributed by atoms with Crippen LogP contribution in [-0.2, 0) is 0 Å². The Morgan fingerprint density at radius 3 is 2.48 bits per heavy atom. The number of hydrogen-bond donors (Lipinski definition) is 0. The van der Waals surface area contributed by atoms with Crippen molar-refractivity contribution in [3.05, 3.63) is 60.1 Å². The summed E-state index contributed by atoms with van der Waals surface area (Å²) in [5, 5.41) is 3.30. The Morgan fingerprint density at radius 2 is 1.62 bits per heavy atom. The lowest BCUT2D eigenvalue weighted by Gasteiger charge is -2.08. The predicted molar refractivity (Wildman–Crippen MR) is 83.1 cm³/mol. The van der Waals surface area contributed by atoms with Crippen molar-refractivity contribution in [3.8, 4) is 11.5 Å². The standard InChI is InChI=1S/C16H9ClN4/c17-16-20-12-7-6-10-4-1-2-5-11(10)13(12)14(21-16)15-18-8-3-9-19-15/h1-9H. The van der Waals surface area contributed by atoms with Crippen LogP contribution >= 0.6 is 11.6 Å². The molecule has 0 amide bonds. The highest BCUT2D eigenvalue weighted by atomic mass is 35.5. The van der Waals surface area contributed by atoms with Crippen LogP contribution in [0.3, 0.4) is 0 Å². The summed E-state index contributed by atoms with van der Waals surface area (Å²) in [5.41, 5.74) is 1.44. The van der Waals surface area contributed by atoms with Gasteiger partial charge in [0, 0.05) is 17.8 Å². The molecular weight excluding hydrogens is 284 g/mol. The summed E-state index contributed by atoms with van der Waals surface area (Å²) in [6, 6.07) is 13.8. The van der Waals surface area contributed by atoms with Crippen LogP contribution in [0.1, 0.15) is 0 Å². The maximum absolute atomic E-state index is 6.05. The second-order valence-corrected chi connectivity index (χ2v) is 4.93. The summed E-state index contributed by atoms with van der Waals surface area (Å²) in [5.74, 6) is 0.545. The molecule has 0 fully saturated rings. The van der Waals surface area contributed by atoms with Crippen LogP contribution in [0.4, 0.5) is 0 Å². The summed E-state index contributed by atoms with van der Waals surface area (Å²) in [6.07, 6.45) is 3.38. The summed E-state index contributed by atoms with van der Waals surface area (Å²) in [4.78, 5) is 17.2. The van der Waals surface area contributed by atoms with Gasteiger partial charge in [-0.2, -0.15) is 0 Å². The number of fused-ring (bicyclic) bond motifs is 3. The van der Waals surface area contributed by atoms with Crippen molar-refractivity contribution in [2.24, 2.45) is 0 Å². The van der Waals surface area contributed by atoms with Gasteiger partial charge in [-0.25, -0.2) is 19.9 Å². The zero-order valence-corrected chi connectivity index (χ0v) is 11.6. The minimum atomic E-state index is 0.195. The van der Waals surface area contributed by atoms with E-state index in [0.717, 1.165) is 21.7 Å². The molecule has 0 radical (unpaired) electrons. The zero-order chi connectivity index (χ0) is 14.2. The Balaban J connectivity index is 2.21. The Kier molecular flexibility index (Phi) is 2.75. The molecule has 0 aliphatic rings. The number of halogens is 1. The molecule has 0 unspecified atom stereocenters. The molecule has 100 valence electrons. The SMILES string of the molecule is Clc1nc(-c2ncccn2)c2c(ccc3ccccc32)n1. The summed E-state index contributed by atoms with van der Waals surface area (Å²) >= 11 is 6.05. The third-order valence-corrected chi connectivity index (χ3v) is 3.51. The average Bonchev–Trinajstić information content (AvgIpc) is 2.54. The molecular formula is C16H9ClN4. The lowest BCUT2D eigenvalue weighted by Crippen LogP contribution is -1.95. The smallest absolute Gasteiger partial charge is 0.223 e. The summed E-state index contributed by atoms with van der Waals surface area (Å²) in [6.45, 7) is 0. The van der Waals surface area contributed by atoms with Gasteiger partial charge in [0.15, 0.2) is 5.82 Å². The molecule has 0 N–H and O–H groups in total. The molecule has 2 aromatic carbocycles. The first kappa shape index (κ1) is 12.2. The molecule has 2 aromatic heterocycles. The third-order valence-electron chi connectivity index (χ3n) is 3.34. The lowest BCUT2D eigenvalue weighted by molar-refractivity contribution is 1.13. The van der Waals surface area contributed by atoms with E-state index in [1.54, 1.807) is 18.5 Å². The van der Waals surface area contributed by atoms with E-state index in [1.807, 2.05) is 30.3 Å². The largest absolute Gasteiger partial charge is 0.235 e. The van der Waals surface area contributed by atoms with E-state index in [4.69, 9.17) is 11.6 Å². The number of nitrogens with zero attached hydrogens (tertiary/aromatic N) is 4. The van der Waals surface area contributed by atoms with Crippen LogP contribution in [0.5, 0.6) is 0 Å². The van der Waals surface area contributed by atoms with Gasteiger partial charge < -0.3 is 0 Å². The van der Waals surface area contributed by atoms with Crippen LogP contribution in [-0.4, -0.2) is 19.9 Å². The predicted octanol–water partition coefficient (Wildman–Crippen LogP) is 3.89. The molecule has 4 nitrogen and oxygen atoms in total. The van der Waals surface area contributed by atoms with Gasteiger partial charge in [-0.1, -0.05) is 30.3 Å². The van der Waals surface area contributed by atoms with Gasteiger partial charge in [0.1, 0.15) is 5.69 Å². The highest BCUT2D eigenvalue weighted by molar-refractivity contribution is 6.29. The molecule has 2 heterocycles. The van der Waals surface area contributed by atoms with Gasteiger partial charge >= 0.3 is 0 Å². The first-order chi connectivity index (χ1) is 10.3. The minimum Gasteiger partial charge on any atom is -0.235 e. The molecule has 4 aromatic rings. The van der Waals surface area contributed by atoms with E-state index in [-0.39, 0.29) is 5.28 Å². The number of rotatable bonds is 1. The molecule has 0 aliphatic carbocycles. The van der Waals surface area contributed by atoms with Crippen molar-refractivity contribution in [2.75, 3.05) is 0 Å². The summed E-state index contributed by atoms with van der Waals surface area (Å²) < 4.78 is 0. The Morgan fingerprint density at radius 1 is 0.810 bits per heavy atom. The van der Waals surface area contributed by atoms with Crippen LogP contribution in [0, 0.1) is 0 Å². The van der Waals surface area contributed by atoms with Crippen molar-refractivity contribution < 1.29 is 0 Å². The van der Waals surface area contributed by atoms with Gasteiger partial charge in [0.05, 0.1) is 5.52 Å². The van der Waals surface area contributed by atoms with Crippen molar-refractivity contribution in [1.82, 2.24) is 19.9 Å². The van der Waals surface area contributed by atoms with E-state index in [2.05, 4.69) is 26.0 Å². The fraction of sp³-hybridized carbons (Fsp3) is 0. The highest BCUT2D eigenvalue weighted by Gasteiger charge is 2.13. The molecule has 21 heavy (non-hydrogen) atoms. The topological polar surface area (TPSA) is 51.6 Å². The average molecular weight is 293 g/mol. The van der Waals surface area contributed by atoms with Gasteiger partial charge in [-0.05, 0) is 34.5 Å². The minimum absolute atomic E-state index is 0.195. The highest BCUT2D eigenvalue weighted by Crippen LogP contribution is 2.31. The molecule has 4 rings (SSSR count). The maximum Gasteiger partial charge on any atom is 0.223 e. The number of hydrogen-bond acceptors (Lipinski definition) is 4. The van der Waals surface area contributed by atoms with Crippen LogP contribution in [0.15, 0.2) is 54.9 Å². The molecule has 0 bridgehead atoms. The normalized spacial score (nSPS) is 11.1. The second kappa shape index (κ2) is 4.75. The van der Waals surface area contributed by atoms with E-state index < -0.39 is 0 Å². The first-order valence-electron chi connectivity index (χ1n) is 6.45. The van der Waals surface area contributed by atoms with Crippen molar-refractivity contribution in [2.45, 2.75) is 0 Å². The van der Waals surface area contributed by atoms with Gasteiger partial charge in [-0.15, -0.1) is 0 Å². The van der Waals surface area contributed by atoms with E-state index >= 15 is 0 Å². The molecule has 0 saturated heterocycles. The fourth-order valence-electron chi connectivity index (χ4n) is 2.46. The van der Waals surface area contributed by atoms with E-state index in [9.17, 15) is 0 Å². The zero-order valence-electron chi connectivity index (χ0n) is 10.9. The number of benzene rings is 2. The molecule has 0 atom stereocenters. The van der Waals surface area contributed by atoms with Crippen molar-refractivity contribution in [3.63, 3.8) is 0 Å². The quantitative estimate of drug-likeness (QED) is 0.394.